The molecule has 3 rings (SSSR count). The maximum absolute atomic E-state index is 12.4. The molecule has 0 bridgehead atoms. The third-order valence-corrected chi connectivity index (χ3v) is 4.14. The van der Waals surface area contributed by atoms with Crippen LogP contribution in [0, 0.1) is 12.8 Å². The van der Waals surface area contributed by atoms with Crippen molar-refractivity contribution in [3.63, 3.8) is 0 Å². The third kappa shape index (κ3) is 3.88. The van der Waals surface area contributed by atoms with E-state index in [1.807, 2.05) is 0 Å². The molecule has 0 saturated heterocycles. The predicted molar refractivity (Wildman–Crippen MR) is 89.5 cm³/mol. The Hall–Kier alpha value is -3.09. The molecule has 0 spiro atoms. The van der Waals surface area contributed by atoms with Gasteiger partial charge in [-0.2, -0.15) is 0 Å². The van der Waals surface area contributed by atoms with E-state index in [4.69, 9.17) is 4.42 Å². The van der Waals surface area contributed by atoms with Gasteiger partial charge in [-0.25, -0.2) is 4.79 Å². The Balaban J connectivity index is 1.75. The summed E-state index contributed by atoms with van der Waals surface area (Å²) in [4.78, 5) is 35.7. The van der Waals surface area contributed by atoms with Crippen molar-refractivity contribution in [2.75, 3.05) is 5.32 Å². The van der Waals surface area contributed by atoms with Gasteiger partial charge in [-0.3, -0.25) is 9.59 Å². The zero-order chi connectivity index (χ0) is 18.0. The van der Waals surface area contributed by atoms with Gasteiger partial charge in [0.2, 0.25) is 0 Å². The fraction of sp³-hybridized carbons (Fsp3) is 0.278. The molecule has 1 saturated carbocycles. The zero-order valence-corrected chi connectivity index (χ0v) is 13.6. The minimum absolute atomic E-state index is 0.00924. The van der Waals surface area contributed by atoms with Crippen LogP contribution < -0.4 is 10.6 Å². The van der Waals surface area contributed by atoms with Crippen LogP contribution in [0.4, 0.5) is 5.69 Å². The van der Waals surface area contributed by atoms with Crippen LogP contribution in [0.2, 0.25) is 0 Å². The highest BCUT2D eigenvalue weighted by Crippen LogP contribution is 2.33. The van der Waals surface area contributed by atoms with Crippen molar-refractivity contribution in [2.24, 2.45) is 5.92 Å². The molecule has 1 aromatic carbocycles. The van der Waals surface area contributed by atoms with Crippen molar-refractivity contribution in [3.05, 3.63) is 53.5 Å². The highest BCUT2D eigenvalue weighted by Gasteiger charge is 2.37. The number of aryl methyl sites for hydroxylation is 1. The molecule has 1 heterocycles. The number of anilines is 1. The van der Waals surface area contributed by atoms with Gasteiger partial charge in [0, 0.05) is 11.3 Å². The Morgan fingerprint density at radius 2 is 1.96 bits per heavy atom. The number of carboxylic acids is 1. The molecular weight excluding hydrogens is 324 g/mol. The number of nitrogens with one attached hydrogen (secondary N) is 2. The monoisotopic (exact) mass is 342 g/mol. The molecule has 3 N–H and O–H groups in total. The van der Waals surface area contributed by atoms with Gasteiger partial charge in [-0.15, -0.1) is 0 Å². The minimum atomic E-state index is -1.03. The van der Waals surface area contributed by atoms with Crippen molar-refractivity contribution < 1.29 is 23.9 Å². The Labute approximate surface area is 144 Å². The van der Waals surface area contributed by atoms with Crippen LogP contribution in [-0.4, -0.2) is 28.9 Å². The first kappa shape index (κ1) is 16.8. The highest BCUT2D eigenvalue weighted by atomic mass is 16.4. The molecule has 25 heavy (non-hydrogen) atoms. The average Bonchev–Trinajstić information content (AvgIpc) is 3.26. The van der Waals surface area contributed by atoms with Crippen LogP contribution >= 0.6 is 0 Å². The molecule has 130 valence electrons. The number of carbonyl (C=O) groups is 3. The number of furan rings is 1. The van der Waals surface area contributed by atoms with Gasteiger partial charge in [-0.1, -0.05) is 6.07 Å². The Bertz CT molecular complexity index is 809. The van der Waals surface area contributed by atoms with Crippen LogP contribution in [0.25, 0.3) is 0 Å². The smallest absolute Gasteiger partial charge is 0.326 e. The molecule has 2 aromatic rings. The van der Waals surface area contributed by atoms with Crippen LogP contribution in [0.3, 0.4) is 0 Å². The molecule has 1 aliphatic rings. The predicted octanol–water partition coefficient (Wildman–Crippen LogP) is 2.43. The van der Waals surface area contributed by atoms with E-state index in [0.29, 0.717) is 5.69 Å². The van der Waals surface area contributed by atoms with Crippen LogP contribution in [-0.2, 0) is 4.79 Å². The molecule has 1 fully saturated rings. The molecular formula is C18H18N2O5. The fourth-order valence-corrected chi connectivity index (χ4v) is 2.52. The minimum Gasteiger partial charge on any atom is -0.480 e. The first-order chi connectivity index (χ1) is 12.0. The van der Waals surface area contributed by atoms with E-state index in [9.17, 15) is 19.5 Å². The lowest BCUT2D eigenvalue weighted by Gasteiger charge is -2.15. The van der Waals surface area contributed by atoms with Crippen LogP contribution in [0.1, 0.15) is 39.3 Å². The average molecular weight is 342 g/mol. The largest absolute Gasteiger partial charge is 0.480 e. The van der Waals surface area contributed by atoms with Gasteiger partial charge in [0.05, 0.1) is 6.26 Å². The van der Waals surface area contributed by atoms with Gasteiger partial charge in [0.25, 0.3) is 11.8 Å². The topological polar surface area (TPSA) is 109 Å². The lowest BCUT2D eigenvalue weighted by Crippen LogP contribution is -2.42. The number of carboxylic acid groups (broad SMARTS) is 1. The Morgan fingerprint density at radius 1 is 1.20 bits per heavy atom. The van der Waals surface area contributed by atoms with Crippen molar-refractivity contribution >= 4 is 23.5 Å². The van der Waals surface area contributed by atoms with Crippen molar-refractivity contribution in [3.8, 4) is 0 Å². The van der Waals surface area contributed by atoms with E-state index < -0.39 is 23.8 Å². The van der Waals surface area contributed by atoms with Gasteiger partial charge in [-0.05, 0) is 55.5 Å². The van der Waals surface area contributed by atoms with E-state index in [2.05, 4.69) is 10.6 Å². The fourth-order valence-electron chi connectivity index (χ4n) is 2.52. The number of hydrogen-bond acceptors (Lipinski definition) is 4. The number of hydrogen-bond donors (Lipinski definition) is 3. The van der Waals surface area contributed by atoms with E-state index in [0.717, 1.165) is 18.4 Å². The molecule has 1 aliphatic carbocycles. The van der Waals surface area contributed by atoms with E-state index >= 15 is 0 Å². The molecule has 1 unspecified atom stereocenters. The van der Waals surface area contributed by atoms with Gasteiger partial charge in [0.1, 0.15) is 6.04 Å². The van der Waals surface area contributed by atoms with E-state index in [1.165, 1.54) is 18.4 Å². The highest BCUT2D eigenvalue weighted by molar-refractivity contribution is 6.04. The number of rotatable bonds is 6. The van der Waals surface area contributed by atoms with Crippen molar-refractivity contribution in [2.45, 2.75) is 25.8 Å². The summed E-state index contributed by atoms with van der Waals surface area (Å²) >= 11 is 0. The van der Waals surface area contributed by atoms with Gasteiger partial charge < -0.3 is 20.2 Å². The molecule has 1 aromatic heterocycles. The number of benzene rings is 1. The number of carbonyl (C=O) groups excluding carboxylic acids is 2. The van der Waals surface area contributed by atoms with Gasteiger partial charge in [0.15, 0.2) is 5.76 Å². The zero-order valence-electron chi connectivity index (χ0n) is 13.6. The lowest BCUT2D eigenvalue weighted by molar-refractivity contribution is -0.139. The molecule has 0 radical (unpaired) electrons. The summed E-state index contributed by atoms with van der Waals surface area (Å²) in [6.07, 6.45) is 3.00. The summed E-state index contributed by atoms with van der Waals surface area (Å²) in [5.74, 6) is -1.78. The SMILES string of the molecule is Cc1ccc(C(=O)NC(C(=O)O)C2CC2)cc1NC(=O)c1ccco1. The third-order valence-electron chi connectivity index (χ3n) is 4.14. The first-order valence-corrected chi connectivity index (χ1v) is 7.95. The summed E-state index contributed by atoms with van der Waals surface area (Å²) in [7, 11) is 0. The van der Waals surface area contributed by atoms with Gasteiger partial charge >= 0.3 is 5.97 Å². The summed E-state index contributed by atoms with van der Waals surface area (Å²) in [6.45, 7) is 1.80. The second-order valence-electron chi connectivity index (χ2n) is 6.09. The molecule has 0 aliphatic heterocycles. The Kier molecular flexibility index (Phi) is 4.56. The number of amides is 2. The molecule has 7 heteroatoms. The molecule has 1 atom stereocenters. The maximum atomic E-state index is 12.4. The summed E-state index contributed by atoms with van der Waals surface area (Å²) in [5.41, 5.74) is 1.52. The standard InChI is InChI=1S/C18H18N2O5/c1-10-4-5-12(16(21)20-15(18(23)24)11-6-7-11)9-13(10)19-17(22)14-3-2-8-25-14/h2-5,8-9,11,15H,6-7H2,1H3,(H,19,22)(H,20,21)(H,23,24). The summed E-state index contributed by atoms with van der Waals surface area (Å²) in [6, 6.07) is 7.08. The Morgan fingerprint density at radius 3 is 2.56 bits per heavy atom. The summed E-state index contributed by atoms with van der Waals surface area (Å²) < 4.78 is 5.04. The normalized spacial score (nSPS) is 14.6. The van der Waals surface area contributed by atoms with Crippen molar-refractivity contribution in [1.29, 1.82) is 0 Å². The van der Waals surface area contributed by atoms with E-state index in [-0.39, 0.29) is 17.2 Å². The van der Waals surface area contributed by atoms with E-state index in [1.54, 1.807) is 25.1 Å². The van der Waals surface area contributed by atoms with Crippen molar-refractivity contribution in [1.82, 2.24) is 5.32 Å². The second-order valence-corrected chi connectivity index (χ2v) is 6.09. The maximum Gasteiger partial charge on any atom is 0.326 e. The molecule has 7 nitrogen and oxygen atoms in total. The lowest BCUT2D eigenvalue weighted by atomic mass is 10.1. The summed E-state index contributed by atoms with van der Waals surface area (Å²) in [5, 5.41) is 14.5. The van der Waals surface area contributed by atoms with Crippen LogP contribution in [0.15, 0.2) is 41.0 Å². The quantitative estimate of drug-likeness (QED) is 0.747. The van der Waals surface area contributed by atoms with Crippen LogP contribution in [0.5, 0.6) is 0 Å². The first-order valence-electron chi connectivity index (χ1n) is 7.95. The molecule has 2 amide bonds. The number of aliphatic carboxylic acids is 1. The second kappa shape index (κ2) is 6.80.